The predicted molar refractivity (Wildman–Crippen MR) is 124 cm³/mol. The fraction of sp³-hybridized carbons (Fsp3) is 0.520. The molecule has 0 aromatic carbocycles. The fourth-order valence-corrected chi connectivity index (χ4v) is 4.98. The van der Waals surface area contributed by atoms with Gasteiger partial charge in [0.05, 0.1) is 18.2 Å². The van der Waals surface area contributed by atoms with Gasteiger partial charge in [-0.25, -0.2) is 18.7 Å². The summed E-state index contributed by atoms with van der Waals surface area (Å²) in [5.41, 5.74) is 1.49. The van der Waals surface area contributed by atoms with Crippen molar-refractivity contribution >= 4 is 23.4 Å². The molecule has 5 rings (SSSR count). The minimum absolute atomic E-state index is 0.185. The van der Waals surface area contributed by atoms with Gasteiger partial charge in [-0.3, -0.25) is 4.79 Å². The molecule has 0 unspecified atom stereocenters. The Balaban J connectivity index is 1.37. The summed E-state index contributed by atoms with van der Waals surface area (Å²) in [6.07, 6.45) is 6.17. The topological polar surface area (TPSA) is 85.2 Å². The SMILES string of the molecule is N#Cc1ccnc(Nc2cc(C3CCN(C(=O)C4CCC4)CC3)cc(N3CCC(F)(F)C3)n2)c1. The number of amides is 1. The lowest BCUT2D eigenvalue weighted by molar-refractivity contribution is -0.139. The zero-order valence-electron chi connectivity index (χ0n) is 19.0. The molecule has 0 spiro atoms. The number of rotatable bonds is 5. The first-order valence-corrected chi connectivity index (χ1v) is 12.0. The molecule has 34 heavy (non-hydrogen) atoms. The third-order valence-electron chi connectivity index (χ3n) is 7.21. The molecule has 2 aliphatic heterocycles. The second-order valence-corrected chi connectivity index (χ2v) is 9.57. The number of aromatic nitrogens is 2. The highest BCUT2D eigenvalue weighted by atomic mass is 19.3. The van der Waals surface area contributed by atoms with Crippen molar-refractivity contribution in [3.63, 3.8) is 0 Å². The summed E-state index contributed by atoms with van der Waals surface area (Å²) < 4.78 is 27.8. The van der Waals surface area contributed by atoms with Crippen molar-refractivity contribution in [3.8, 4) is 6.07 Å². The molecule has 0 atom stereocenters. The summed E-state index contributed by atoms with van der Waals surface area (Å²) in [5, 5.41) is 12.3. The van der Waals surface area contributed by atoms with Crippen LogP contribution in [0.2, 0.25) is 0 Å². The number of anilines is 3. The first-order valence-electron chi connectivity index (χ1n) is 12.0. The zero-order valence-corrected chi connectivity index (χ0v) is 19.0. The Morgan fingerprint density at radius 2 is 1.91 bits per heavy atom. The van der Waals surface area contributed by atoms with E-state index in [0.29, 0.717) is 36.1 Å². The third kappa shape index (κ3) is 4.81. The number of piperidine rings is 1. The second kappa shape index (κ2) is 9.16. The van der Waals surface area contributed by atoms with Gasteiger partial charge in [-0.2, -0.15) is 5.26 Å². The lowest BCUT2D eigenvalue weighted by atomic mass is 9.83. The molecule has 1 N–H and O–H groups in total. The van der Waals surface area contributed by atoms with Crippen molar-refractivity contribution in [1.82, 2.24) is 14.9 Å². The van der Waals surface area contributed by atoms with Crippen LogP contribution in [0.1, 0.15) is 55.6 Å². The van der Waals surface area contributed by atoms with E-state index in [-0.39, 0.29) is 37.3 Å². The highest BCUT2D eigenvalue weighted by Crippen LogP contribution is 2.36. The number of halogens is 2. The molecule has 7 nitrogen and oxygen atoms in total. The van der Waals surface area contributed by atoms with E-state index in [4.69, 9.17) is 5.26 Å². The van der Waals surface area contributed by atoms with Crippen LogP contribution in [-0.2, 0) is 4.79 Å². The number of hydrogen-bond donors (Lipinski definition) is 1. The van der Waals surface area contributed by atoms with E-state index in [2.05, 4.69) is 21.4 Å². The van der Waals surface area contributed by atoms with Crippen LogP contribution in [0, 0.1) is 17.2 Å². The van der Waals surface area contributed by atoms with Gasteiger partial charge in [0.15, 0.2) is 0 Å². The number of nitriles is 1. The molecule has 178 valence electrons. The van der Waals surface area contributed by atoms with Gasteiger partial charge in [-0.1, -0.05) is 6.42 Å². The molecule has 4 heterocycles. The zero-order chi connectivity index (χ0) is 23.7. The fourth-order valence-electron chi connectivity index (χ4n) is 4.98. The van der Waals surface area contributed by atoms with Crippen molar-refractivity contribution in [3.05, 3.63) is 41.6 Å². The first kappa shape index (κ1) is 22.5. The largest absolute Gasteiger partial charge is 0.350 e. The van der Waals surface area contributed by atoms with Crippen LogP contribution in [0.15, 0.2) is 30.5 Å². The third-order valence-corrected chi connectivity index (χ3v) is 7.21. The number of nitrogens with zero attached hydrogens (tertiary/aromatic N) is 5. The lowest BCUT2D eigenvalue weighted by Gasteiger charge is -2.37. The lowest BCUT2D eigenvalue weighted by Crippen LogP contribution is -2.43. The number of pyridine rings is 2. The highest BCUT2D eigenvalue weighted by Gasteiger charge is 2.39. The molecule has 1 aliphatic carbocycles. The van der Waals surface area contributed by atoms with Crippen molar-refractivity contribution < 1.29 is 13.6 Å². The summed E-state index contributed by atoms with van der Waals surface area (Å²) in [5.74, 6) is -0.517. The number of carbonyl (C=O) groups excluding carboxylic acids is 1. The smallest absolute Gasteiger partial charge is 0.266 e. The van der Waals surface area contributed by atoms with E-state index in [1.54, 1.807) is 23.2 Å². The number of likely N-dealkylation sites (tertiary alicyclic amines) is 1. The van der Waals surface area contributed by atoms with Crippen LogP contribution >= 0.6 is 0 Å². The molecule has 1 saturated carbocycles. The minimum Gasteiger partial charge on any atom is -0.350 e. The Morgan fingerprint density at radius 3 is 2.56 bits per heavy atom. The summed E-state index contributed by atoms with van der Waals surface area (Å²) >= 11 is 0. The van der Waals surface area contributed by atoms with Gasteiger partial charge in [0.2, 0.25) is 5.91 Å². The van der Waals surface area contributed by atoms with E-state index >= 15 is 0 Å². The number of nitrogens with one attached hydrogen (secondary N) is 1. The normalized spacial score (nSPS) is 20.6. The van der Waals surface area contributed by atoms with Gasteiger partial charge in [-0.15, -0.1) is 0 Å². The molecule has 3 fully saturated rings. The summed E-state index contributed by atoms with van der Waals surface area (Å²) in [4.78, 5) is 25.1. The molecule has 2 aromatic rings. The molecule has 1 amide bonds. The standard InChI is InChI=1S/C25H28F2N6O/c26-25(27)7-11-33(16-25)23-14-20(13-22(31-23)30-21-12-17(15-28)4-8-29-21)18-5-9-32(10-6-18)24(34)19-2-1-3-19/h4,8,12-14,18-19H,1-3,5-7,9-11,16H2,(H,29,30,31). The minimum atomic E-state index is -2.72. The van der Waals surface area contributed by atoms with Gasteiger partial charge in [-0.05, 0) is 61.4 Å². The first-order chi connectivity index (χ1) is 16.4. The molecule has 0 radical (unpaired) electrons. The molecule has 9 heteroatoms. The summed E-state index contributed by atoms with van der Waals surface area (Å²) in [6, 6.07) is 9.18. The van der Waals surface area contributed by atoms with Crippen LogP contribution in [0.25, 0.3) is 0 Å². The van der Waals surface area contributed by atoms with Crippen molar-refractivity contribution in [1.29, 1.82) is 5.26 Å². The van der Waals surface area contributed by atoms with Gasteiger partial charge in [0.25, 0.3) is 5.92 Å². The monoisotopic (exact) mass is 466 g/mol. The summed E-state index contributed by atoms with van der Waals surface area (Å²) in [6.45, 7) is 1.33. The maximum atomic E-state index is 13.9. The average molecular weight is 467 g/mol. The van der Waals surface area contributed by atoms with E-state index in [1.807, 2.05) is 17.0 Å². The van der Waals surface area contributed by atoms with Crippen LogP contribution in [0.4, 0.5) is 26.2 Å². The van der Waals surface area contributed by atoms with E-state index in [0.717, 1.165) is 37.7 Å². The average Bonchev–Trinajstić information content (AvgIpc) is 3.17. The maximum Gasteiger partial charge on any atom is 0.266 e. The van der Waals surface area contributed by atoms with Gasteiger partial charge >= 0.3 is 0 Å². The van der Waals surface area contributed by atoms with Gasteiger partial charge in [0.1, 0.15) is 17.5 Å². The van der Waals surface area contributed by atoms with Crippen molar-refractivity contribution in [2.45, 2.75) is 50.4 Å². The number of carbonyl (C=O) groups is 1. The molecule has 2 aromatic heterocycles. The van der Waals surface area contributed by atoms with Gasteiger partial charge in [0, 0.05) is 38.2 Å². The second-order valence-electron chi connectivity index (χ2n) is 9.57. The van der Waals surface area contributed by atoms with Crippen molar-refractivity contribution in [2.24, 2.45) is 5.92 Å². The molecule has 2 saturated heterocycles. The molecule has 0 bridgehead atoms. The van der Waals surface area contributed by atoms with Gasteiger partial charge < -0.3 is 15.1 Å². The molecular formula is C25H28F2N6O. The Labute approximate surface area is 197 Å². The quantitative estimate of drug-likeness (QED) is 0.701. The van der Waals surface area contributed by atoms with Crippen LogP contribution in [0.3, 0.4) is 0 Å². The van der Waals surface area contributed by atoms with Crippen LogP contribution in [0.5, 0.6) is 0 Å². The Morgan fingerprint density at radius 1 is 1.12 bits per heavy atom. The molecular weight excluding hydrogens is 438 g/mol. The number of hydrogen-bond acceptors (Lipinski definition) is 6. The predicted octanol–water partition coefficient (Wildman–Crippen LogP) is 4.44. The van der Waals surface area contributed by atoms with Crippen molar-refractivity contribution in [2.75, 3.05) is 36.4 Å². The van der Waals surface area contributed by atoms with Crippen LogP contribution < -0.4 is 10.2 Å². The Hall–Kier alpha value is -3.28. The molecule has 3 aliphatic rings. The highest BCUT2D eigenvalue weighted by molar-refractivity contribution is 5.79. The van der Waals surface area contributed by atoms with E-state index in [1.165, 1.54) is 0 Å². The Kier molecular flexibility index (Phi) is 6.07. The summed E-state index contributed by atoms with van der Waals surface area (Å²) in [7, 11) is 0. The Bertz CT molecular complexity index is 1100. The van der Waals surface area contributed by atoms with E-state index < -0.39 is 5.92 Å². The number of alkyl halides is 2. The van der Waals surface area contributed by atoms with Crippen LogP contribution in [-0.4, -0.2) is 52.9 Å². The maximum absolute atomic E-state index is 13.9. The van der Waals surface area contributed by atoms with E-state index in [9.17, 15) is 13.6 Å².